The second-order valence-electron chi connectivity index (χ2n) is 9.07. The van der Waals surface area contributed by atoms with E-state index in [4.69, 9.17) is 10.7 Å². The lowest BCUT2D eigenvalue weighted by molar-refractivity contribution is 0.0946. The van der Waals surface area contributed by atoms with Crippen molar-refractivity contribution in [1.82, 2.24) is 25.2 Å². The number of aromatic nitrogens is 3. The fourth-order valence-corrected chi connectivity index (χ4v) is 5.04. The second-order valence-corrected chi connectivity index (χ2v) is 9.07. The van der Waals surface area contributed by atoms with Gasteiger partial charge in [0.05, 0.1) is 5.52 Å². The molecule has 1 saturated heterocycles. The summed E-state index contributed by atoms with van der Waals surface area (Å²) in [5.74, 6) is 0.697. The third kappa shape index (κ3) is 4.82. The maximum absolute atomic E-state index is 12.8. The minimum Gasteiger partial charge on any atom is -0.382 e. The molecule has 1 aliphatic rings. The summed E-state index contributed by atoms with van der Waals surface area (Å²) in [7, 11) is 2.14. The second kappa shape index (κ2) is 10.3. The van der Waals surface area contributed by atoms with Gasteiger partial charge in [-0.3, -0.25) is 4.79 Å². The van der Waals surface area contributed by atoms with Crippen LogP contribution in [0.15, 0.2) is 36.7 Å². The van der Waals surface area contributed by atoms with Crippen molar-refractivity contribution in [2.45, 2.75) is 58.7 Å². The zero-order valence-corrected chi connectivity index (χ0v) is 20.6. The lowest BCUT2D eigenvalue weighted by Gasteiger charge is -2.42. The van der Waals surface area contributed by atoms with Gasteiger partial charge in [-0.25, -0.2) is 15.0 Å². The summed E-state index contributed by atoms with van der Waals surface area (Å²) >= 11 is 0. The molecule has 1 aliphatic heterocycles. The molecule has 0 bridgehead atoms. The molecule has 3 N–H and O–H groups in total. The lowest BCUT2D eigenvalue weighted by Crippen LogP contribution is -2.49. The summed E-state index contributed by atoms with van der Waals surface area (Å²) < 4.78 is 0. The molecule has 0 spiro atoms. The fourth-order valence-electron chi connectivity index (χ4n) is 5.04. The van der Waals surface area contributed by atoms with Crippen molar-refractivity contribution in [3.05, 3.63) is 53.5 Å². The topological polar surface area (TPSA) is 100 Å². The molecule has 1 amide bonds. The van der Waals surface area contributed by atoms with Crippen LogP contribution in [0.25, 0.3) is 10.9 Å². The van der Waals surface area contributed by atoms with Crippen molar-refractivity contribution in [1.29, 1.82) is 0 Å². The Bertz CT molecular complexity index is 1170. The molecular formula is C26H35N7O. The molecule has 8 nitrogen and oxygen atoms in total. The Hall–Kier alpha value is -3.26. The number of hydrogen-bond donors (Lipinski definition) is 2. The van der Waals surface area contributed by atoms with Crippen LogP contribution in [0.5, 0.6) is 0 Å². The van der Waals surface area contributed by atoms with E-state index in [0.717, 1.165) is 60.2 Å². The summed E-state index contributed by atoms with van der Waals surface area (Å²) in [5.41, 5.74) is 9.10. The van der Waals surface area contributed by atoms with Crippen molar-refractivity contribution in [3.63, 3.8) is 0 Å². The SMILES string of the molecule is CCC1CC(N(C)c2nc3c(C)cccc3cc2CNC(=O)c2nccnc2N)CCN1CC. The first-order valence-electron chi connectivity index (χ1n) is 12.1. The number of nitrogens with zero attached hydrogens (tertiary/aromatic N) is 5. The molecule has 4 rings (SSSR count). The number of likely N-dealkylation sites (tertiary alicyclic amines) is 1. The molecule has 8 heteroatoms. The van der Waals surface area contributed by atoms with E-state index < -0.39 is 0 Å². The van der Waals surface area contributed by atoms with Crippen LogP contribution < -0.4 is 16.0 Å². The number of aryl methyl sites for hydroxylation is 1. The van der Waals surface area contributed by atoms with Gasteiger partial charge in [-0.2, -0.15) is 0 Å². The first-order chi connectivity index (χ1) is 16.4. The van der Waals surface area contributed by atoms with Crippen LogP contribution in [0.1, 0.15) is 54.7 Å². The predicted octanol–water partition coefficient (Wildman–Crippen LogP) is 3.54. The average Bonchev–Trinajstić information content (AvgIpc) is 2.86. The van der Waals surface area contributed by atoms with E-state index in [2.05, 4.69) is 71.1 Å². The Balaban J connectivity index is 1.64. The van der Waals surface area contributed by atoms with E-state index in [0.29, 0.717) is 18.6 Å². The highest BCUT2D eigenvalue weighted by molar-refractivity contribution is 5.96. The molecule has 3 heterocycles. The average molecular weight is 462 g/mol. The summed E-state index contributed by atoms with van der Waals surface area (Å²) in [5, 5.41) is 4.04. The molecule has 180 valence electrons. The number of anilines is 2. The molecule has 34 heavy (non-hydrogen) atoms. The number of rotatable bonds is 7. The monoisotopic (exact) mass is 461 g/mol. The molecule has 1 aromatic carbocycles. The number of carbonyl (C=O) groups excluding carboxylic acids is 1. The summed E-state index contributed by atoms with van der Waals surface area (Å²) in [6.07, 6.45) is 6.29. The van der Waals surface area contributed by atoms with Crippen LogP contribution in [0.4, 0.5) is 11.6 Å². The van der Waals surface area contributed by atoms with Gasteiger partial charge < -0.3 is 20.9 Å². The van der Waals surface area contributed by atoms with E-state index >= 15 is 0 Å². The molecule has 0 radical (unpaired) electrons. The Morgan fingerprint density at radius 3 is 2.79 bits per heavy atom. The van der Waals surface area contributed by atoms with Gasteiger partial charge in [0.15, 0.2) is 11.5 Å². The summed E-state index contributed by atoms with van der Waals surface area (Å²) in [6.45, 7) is 9.11. The molecule has 0 saturated carbocycles. The molecule has 2 atom stereocenters. The fraction of sp³-hybridized carbons (Fsp3) is 0.462. The van der Waals surface area contributed by atoms with Crippen LogP contribution in [0.2, 0.25) is 0 Å². The third-order valence-electron chi connectivity index (χ3n) is 7.05. The van der Waals surface area contributed by atoms with Gasteiger partial charge in [0.2, 0.25) is 0 Å². The van der Waals surface area contributed by atoms with Gasteiger partial charge in [-0.05, 0) is 44.4 Å². The van der Waals surface area contributed by atoms with Gasteiger partial charge in [0.25, 0.3) is 5.91 Å². The Labute approximate surface area is 201 Å². The van der Waals surface area contributed by atoms with Gasteiger partial charge in [-0.1, -0.05) is 32.0 Å². The number of nitrogen functional groups attached to an aromatic ring is 1. The van der Waals surface area contributed by atoms with Crippen LogP contribution in [0.3, 0.4) is 0 Å². The number of hydrogen-bond acceptors (Lipinski definition) is 7. The Morgan fingerprint density at radius 2 is 2.06 bits per heavy atom. The minimum absolute atomic E-state index is 0.123. The highest BCUT2D eigenvalue weighted by atomic mass is 16.1. The highest BCUT2D eigenvalue weighted by Gasteiger charge is 2.30. The number of carbonyl (C=O) groups is 1. The first kappa shape index (κ1) is 23.9. The number of piperidine rings is 1. The lowest BCUT2D eigenvalue weighted by atomic mass is 9.94. The van der Waals surface area contributed by atoms with E-state index in [9.17, 15) is 4.79 Å². The minimum atomic E-state index is -0.342. The van der Waals surface area contributed by atoms with Crippen molar-refractivity contribution >= 4 is 28.4 Å². The summed E-state index contributed by atoms with van der Waals surface area (Å²) in [4.78, 5) is 30.8. The highest BCUT2D eigenvalue weighted by Crippen LogP contribution is 2.30. The number of nitrogens with one attached hydrogen (secondary N) is 1. The van der Waals surface area contributed by atoms with E-state index in [1.165, 1.54) is 12.4 Å². The van der Waals surface area contributed by atoms with Gasteiger partial charge in [0.1, 0.15) is 5.82 Å². The van der Waals surface area contributed by atoms with Gasteiger partial charge >= 0.3 is 0 Å². The maximum atomic E-state index is 12.8. The number of para-hydroxylation sites is 1. The maximum Gasteiger partial charge on any atom is 0.273 e. The smallest absolute Gasteiger partial charge is 0.273 e. The van der Waals surface area contributed by atoms with Crippen molar-refractivity contribution in [2.75, 3.05) is 30.8 Å². The van der Waals surface area contributed by atoms with Crippen molar-refractivity contribution in [2.24, 2.45) is 0 Å². The number of amides is 1. The van der Waals surface area contributed by atoms with Gasteiger partial charge in [-0.15, -0.1) is 0 Å². The van der Waals surface area contributed by atoms with Gasteiger partial charge in [0, 0.05) is 55.6 Å². The normalized spacial score (nSPS) is 18.7. The van der Waals surface area contributed by atoms with Crippen molar-refractivity contribution in [3.8, 4) is 0 Å². The van der Waals surface area contributed by atoms with Crippen molar-refractivity contribution < 1.29 is 4.79 Å². The Kier molecular flexibility index (Phi) is 7.26. The number of fused-ring (bicyclic) bond motifs is 1. The number of pyridine rings is 1. The zero-order chi connectivity index (χ0) is 24.2. The summed E-state index contributed by atoms with van der Waals surface area (Å²) in [6, 6.07) is 9.31. The number of nitrogens with two attached hydrogens (primary N) is 1. The Morgan fingerprint density at radius 1 is 1.26 bits per heavy atom. The van der Waals surface area contributed by atoms with Crippen LogP contribution in [-0.4, -0.2) is 58.0 Å². The molecule has 2 unspecified atom stereocenters. The van der Waals surface area contributed by atoms with E-state index in [-0.39, 0.29) is 17.4 Å². The predicted molar refractivity (Wildman–Crippen MR) is 137 cm³/mol. The molecular weight excluding hydrogens is 426 g/mol. The molecule has 2 aromatic heterocycles. The van der Waals surface area contributed by atoms with Crippen LogP contribution in [0, 0.1) is 6.92 Å². The quantitative estimate of drug-likeness (QED) is 0.555. The standard InChI is InChI=1S/C26H35N7O/c1-5-20-15-21(10-13-33(20)6-2)32(4)25-19(14-18-9-7-8-17(3)22(18)31-25)16-30-26(34)23-24(27)29-12-11-28-23/h7-9,11-12,14,20-21H,5-6,10,13,15-16H2,1-4H3,(H2,27,29)(H,30,34). The molecule has 0 aliphatic carbocycles. The zero-order valence-electron chi connectivity index (χ0n) is 20.6. The van der Waals surface area contributed by atoms with E-state index in [1.807, 2.05) is 6.07 Å². The number of benzene rings is 1. The third-order valence-corrected chi connectivity index (χ3v) is 7.05. The molecule has 3 aromatic rings. The molecule has 1 fully saturated rings. The first-order valence-corrected chi connectivity index (χ1v) is 12.1. The largest absolute Gasteiger partial charge is 0.382 e. The van der Waals surface area contributed by atoms with Crippen LogP contribution >= 0.6 is 0 Å². The van der Waals surface area contributed by atoms with E-state index in [1.54, 1.807) is 0 Å². The van der Waals surface area contributed by atoms with Crippen LogP contribution in [-0.2, 0) is 6.54 Å².